The second-order valence-electron chi connectivity index (χ2n) is 4.92. The number of nitrogens with one attached hydrogen (secondary N) is 2. The molecule has 0 saturated carbocycles. The maximum absolute atomic E-state index is 12.1. The molecular formula is C11H25N3O2S. The summed E-state index contributed by atoms with van der Waals surface area (Å²) in [7, 11) is -3.29. The molecule has 1 heterocycles. The van der Waals surface area contributed by atoms with E-state index in [1.807, 2.05) is 6.92 Å². The molecule has 0 amide bonds. The molecule has 0 aromatic heterocycles. The molecule has 2 N–H and O–H groups in total. The smallest absolute Gasteiger partial charge is 0.279 e. The zero-order chi connectivity index (χ0) is 12.9. The van der Waals surface area contributed by atoms with E-state index in [0.717, 1.165) is 25.9 Å². The molecule has 102 valence electrons. The summed E-state index contributed by atoms with van der Waals surface area (Å²) < 4.78 is 28.4. The van der Waals surface area contributed by atoms with Gasteiger partial charge in [-0.15, -0.1) is 0 Å². The first-order valence-electron chi connectivity index (χ1n) is 6.43. The maximum Gasteiger partial charge on any atom is 0.279 e. The van der Waals surface area contributed by atoms with Crippen molar-refractivity contribution in [1.29, 1.82) is 0 Å². The molecule has 1 aliphatic heterocycles. The van der Waals surface area contributed by atoms with E-state index < -0.39 is 10.2 Å². The molecule has 0 radical (unpaired) electrons. The van der Waals surface area contributed by atoms with Crippen LogP contribution in [0.1, 0.15) is 33.6 Å². The Morgan fingerprint density at radius 2 is 1.88 bits per heavy atom. The summed E-state index contributed by atoms with van der Waals surface area (Å²) >= 11 is 0. The van der Waals surface area contributed by atoms with Crippen molar-refractivity contribution in [2.24, 2.45) is 5.92 Å². The van der Waals surface area contributed by atoms with Crippen molar-refractivity contribution in [1.82, 2.24) is 14.3 Å². The number of hydrogen-bond acceptors (Lipinski definition) is 3. The van der Waals surface area contributed by atoms with Crippen LogP contribution in [0.15, 0.2) is 0 Å². The molecule has 5 nitrogen and oxygen atoms in total. The molecule has 17 heavy (non-hydrogen) atoms. The van der Waals surface area contributed by atoms with Gasteiger partial charge in [-0.2, -0.15) is 17.4 Å². The predicted molar refractivity (Wildman–Crippen MR) is 70.0 cm³/mol. The number of hydrogen-bond donors (Lipinski definition) is 2. The van der Waals surface area contributed by atoms with E-state index in [-0.39, 0.29) is 6.04 Å². The third-order valence-corrected chi connectivity index (χ3v) is 4.96. The van der Waals surface area contributed by atoms with Crippen LogP contribution in [0.2, 0.25) is 0 Å². The fraction of sp³-hybridized carbons (Fsp3) is 1.00. The van der Waals surface area contributed by atoms with Gasteiger partial charge in [-0.3, -0.25) is 0 Å². The van der Waals surface area contributed by atoms with E-state index in [1.54, 1.807) is 0 Å². The normalized spacial score (nSPS) is 22.3. The zero-order valence-electron chi connectivity index (χ0n) is 11.1. The molecule has 2 atom stereocenters. The second-order valence-corrected chi connectivity index (χ2v) is 6.62. The lowest BCUT2D eigenvalue weighted by Crippen LogP contribution is -2.52. The van der Waals surface area contributed by atoms with Gasteiger partial charge in [-0.05, 0) is 19.3 Å². The molecule has 0 spiro atoms. The van der Waals surface area contributed by atoms with E-state index in [2.05, 4.69) is 23.9 Å². The molecule has 1 saturated heterocycles. The van der Waals surface area contributed by atoms with Gasteiger partial charge < -0.3 is 5.32 Å². The molecule has 1 aliphatic rings. The first-order valence-corrected chi connectivity index (χ1v) is 7.87. The monoisotopic (exact) mass is 263 g/mol. The largest absolute Gasteiger partial charge is 0.314 e. The minimum Gasteiger partial charge on any atom is -0.314 e. The van der Waals surface area contributed by atoms with Crippen LogP contribution in [0.3, 0.4) is 0 Å². The van der Waals surface area contributed by atoms with Crippen LogP contribution in [-0.2, 0) is 10.2 Å². The number of nitrogens with zero attached hydrogens (tertiary/aromatic N) is 1. The lowest BCUT2D eigenvalue weighted by atomic mass is 10.0. The van der Waals surface area contributed by atoms with E-state index in [0.29, 0.717) is 19.0 Å². The minimum atomic E-state index is -3.29. The zero-order valence-corrected chi connectivity index (χ0v) is 11.9. The molecule has 1 fully saturated rings. The van der Waals surface area contributed by atoms with Gasteiger partial charge in [0, 0.05) is 32.2 Å². The summed E-state index contributed by atoms with van der Waals surface area (Å²) in [6.45, 7) is 8.81. The predicted octanol–water partition coefficient (Wildman–Crippen LogP) is 0.551. The van der Waals surface area contributed by atoms with Gasteiger partial charge in [0.2, 0.25) is 0 Å². The topological polar surface area (TPSA) is 61.4 Å². The van der Waals surface area contributed by atoms with Gasteiger partial charge >= 0.3 is 0 Å². The Hall–Kier alpha value is -0.170. The summed E-state index contributed by atoms with van der Waals surface area (Å²) in [5.74, 6) is 0.552. The summed E-state index contributed by atoms with van der Waals surface area (Å²) in [4.78, 5) is 0. The quantitative estimate of drug-likeness (QED) is 0.736. The van der Waals surface area contributed by atoms with Gasteiger partial charge in [0.1, 0.15) is 0 Å². The third-order valence-electron chi connectivity index (χ3n) is 3.22. The van der Waals surface area contributed by atoms with Crippen LogP contribution < -0.4 is 10.0 Å². The van der Waals surface area contributed by atoms with Gasteiger partial charge in [-0.25, -0.2) is 0 Å². The molecule has 2 unspecified atom stereocenters. The highest BCUT2D eigenvalue weighted by atomic mass is 32.2. The highest BCUT2D eigenvalue weighted by molar-refractivity contribution is 7.87. The van der Waals surface area contributed by atoms with E-state index in [1.165, 1.54) is 4.31 Å². The summed E-state index contributed by atoms with van der Waals surface area (Å²) in [5.41, 5.74) is 0. The van der Waals surface area contributed by atoms with Crippen LogP contribution in [0.25, 0.3) is 0 Å². The van der Waals surface area contributed by atoms with Gasteiger partial charge in [0.25, 0.3) is 10.2 Å². The van der Waals surface area contributed by atoms with Crippen LogP contribution in [-0.4, -0.2) is 44.9 Å². The fourth-order valence-corrected chi connectivity index (χ4v) is 3.45. The van der Waals surface area contributed by atoms with Crippen molar-refractivity contribution in [2.45, 2.75) is 39.7 Å². The minimum absolute atomic E-state index is 0.00448. The van der Waals surface area contributed by atoms with Gasteiger partial charge in [0.05, 0.1) is 0 Å². The molecule has 0 bridgehead atoms. The molecular weight excluding hydrogens is 238 g/mol. The first-order chi connectivity index (χ1) is 7.95. The SMILES string of the molecule is CCC(C)CC(C)NS(=O)(=O)N1CCNCC1. The van der Waals surface area contributed by atoms with Crippen molar-refractivity contribution in [2.75, 3.05) is 26.2 Å². The van der Waals surface area contributed by atoms with E-state index in [4.69, 9.17) is 0 Å². The number of rotatable bonds is 6. The second kappa shape index (κ2) is 6.68. The molecule has 0 aromatic rings. The van der Waals surface area contributed by atoms with Crippen molar-refractivity contribution in [3.05, 3.63) is 0 Å². The van der Waals surface area contributed by atoms with E-state index >= 15 is 0 Å². The Labute approximate surface area is 105 Å². The Balaban J connectivity index is 2.47. The fourth-order valence-electron chi connectivity index (χ4n) is 2.03. The lowest BCUT2D eigenvalue weighted by molar-refractivity contribution is 0.347. The van der Waals surface area contributed by atoms with Crippen molar-refractivity contribution >= 4 is 10.2 Å². The Morgan fingerprint density at radius 1 is 1.29 bits per heavy atom. The standard InChI is InChI=1S/C11H25N3O2S/c1-4-10(2)9-11(3)13-17(15,16)14-7-5-12-6-8-14/h10-13H,4-9H2,1-3H3. The highest BCUT2D eigenvalue weighted by Gasteiger charge is 2.25. The molecule has 1 rings (SSSR count). The first kappa shape index (κ1) is 14.9. The van der Waals surface area contributed by atoms with Gasteiger partial charge in [0.15, 0.2) is 0 Å². The van der Waals surface area contributed by atoms with E-state index in [9.17, 15) is 8.42 Å². The summed E-state index contributed by atoms with van der Waals surface area (Å²) in [6.07, 6.45) is 1.97. The van der Waals surface area contributed by atoms with Crippen LogP contribution in [0.4, 0.5) is 0 Å². The third kappa shape index (κ3) is 4.91. The van der Waals surface area contributed by atoms with Crippen LogP contribution in [0.5, 0.6) is 0 Å². The van der Waals surface area contributed by atoms with Crippen molar-refractivity contribution < 1.29 is 8.42 Å². The Morgan fingerprint density at radius 3 is 2.41 bits per heavy atom. The number of piperazine rings is 1. The average Bonchev–Trinajstić information content (AvgIpc) is 2.29. The van der Waals surface area contributed by atoms with Crippen molar-refractivity contribution in [3.8, 4) is 0 Å². The average molecular weight is 263 g/mol. The van der Waals surface area contributed by atoms with Crippen molar-refractivity contribution in [3.63, 3.8) is 0 Å². The van der Waals surface area contributed by atoms with Crippen LogP contribution >= 0.6 is 0 Å². The van der Waals surface area contributed by atoms with Crippen LogP contribution in [0, 0.1) is 5.92 Å². The Kier molecular flexibility index (Phi) is 5.85. The summed E-state index contributed by atoms with van der Waals surface area (Å²) in [5, 5.41) is 3.15. The molecule has 0 aliphatic carbocycles. The molecule has 0 aromatic carbocycles. The molecule has 6 heteroatoms. The summed E-state index contributed by atoms with van der Waals surface area (Å²) in [6, 6.07) is 0.00448. The maximum atomic E-state index is 12.1. The lowest BCUT2D eigenvalue weighted by Gasteiger charge is -2.28. The Bertz CT molecular complexity index is 313. The highest BCUT2D eigenvalue weighted by Crippen LogP contribution is 2.11. The van der Waals surface area contributed by atoms with Gasteiger partial charge in [-0.1, -0.05) is 20.3 Å².